The first-order valence-corrected chi connectivity index (χ1v) is 6.18. The molecule has 0 fully saturated rings. The molecule has 0 bridgehead atoms. The Morgan fingerprint density at radius 3 is 2.32 bits per heavy atom. The van der Waals surface area contributed by atoms with Gasteiger partial charge in [-0.3, -0.25) is 9.59 Å². The maximum atomic E-state index is 11.7. The van der Waals surface area contributed by atoms with Crippen LogP contribution in [0.5, 0.6) is 5.75 Å². The van der Waals surface area contributed by atoms with Crippen LogP contribution >= 0.6 is 0 Å². The SMILES string of the molecule is CC(=O)C(NC(=O)COc1ccc(N)cc1)C(C)C. The highest BCUT2D eigenvalue weighted by Gasteiger charge is 2.20. The van der Waals surface area contributed by atoms with Gasteiger partial charge in [-0.15, -0.1) is 0 Å². The first kappa shape index (κ1) is 15.0. The van der Waals surface area contributed by atoms with E-state index in [9.17, 15) is 9.59 Å². The minimum atomic E-state index is -0.470. The third-order valence-electron chi connectivity index (χ3n) is 2.67. The predicted octanol–water partition coefficient (Wildman–Crippen LogP) is 1.38. The molecule has 0 radical (unpaired) electrons. The molecule has 1 atom stereocenters. The van der Waals surface area contributed by atoms with E-state index in [1.165, 1.54) is 6.92 Å². The lowest BCUT2D eigenvalue weighted by Gasteiger charge is -2.19. The second-order valence-electron chi connectivity index (χ2n) is 4.76. The molecule has 1 aromatic carbocycles. The number of nitrogen functional groups attached to an aromatic ring is 1. The van der Waals surface area contributed by atoms with Gasteiger partial charge in [0.25, 0.3) is 5.91 Å². The number of ether oxygens (including phenoxy) is 1. The third-order valence-corrected chi connectivity index (χ3v) is 2.67. The zero-order chi connectivity index (χ0) is 14.4. The zero-order valence-electron chi connectivity index (χ0n) is 11.5. The summed E-state index contributed by atoms with van der Waals surface area (Å²) < 4.78 is 5.30. The molecule has 0 heterocycles. The van der Waals surface area contributed by atoms with E-state index in [1.54, 1.807) is 24.3 Å². The Bertz CT molecular complexity index is 441. The number of hydrogen-bond acceptors (Lipinski definition) is 4. The molecule has 0 aromatic heterocycles. The van der Waals surface area contributed by atoms with Crippen LogP contribution in [0, 0.1) is 5.92 Å². The highest BCUT2D eigenvalue weighted by molar-refractivity contribution is 5.88. The van der Waals surface area contributed by atoms with Crippen LogP contribution in [0.3, 0.4) is 0 Å². The van der Waals surface area contributed by atoms with Gasteiger partial charge in [-0.05, 0) is 37.1 Å². The number of nitrogens with one attached hydrogen (secondary N) is 1. The molecule has 0 spiro atoms. The van der Waals surface area contributed by atoms with E-state index < -0.39 is 6.04 Å². The van der Waals surface area contributed by atoms with Crippen LogP contribution in [0.25, 0.3) is 0 Å². The predicted molar refractivity (Wildman–Crippen MR) is 73.8 cm³/mol. The van der Waals surface area contributed by atoms with E-state index in [4.69, 9.17) is 10.5 Å². The fraction of sp³-hybridized carbons (Fsp3) is 0.429. The molecule has 1 rings (SSSR count). The third kappa shape index (κ3) is 4.99. The smallest absolute Gasteiger partial charge is 0.258 e. The molecular weight excluding hydrogens is 244 g/mol. The Labute approximate surface area is 113 Å². The van der Waals surface area contributed by atoms with Crippen molar-refractivity contribution >= 4 is 17.4 Å². The molecule has 19 heavy (non-hydrogen) atoms. The van der Waals surface area contributed by atoms with Crippen LogP contribution < -0.4 is 15.8 Å². The fourth-order valence-electron chi connectivity index (χ4n) is 1.67. The summed E-state index contributed by atoms with van der Waals surface area (Å²) in [6, 6.07) is 6.29. The first-order valence-electron chi connectivity index (χ1n) is 6.18. The summed E-state index contributed by atoms with van der Waals surface area (Å²) in [6.45, 7) is 5.10. The molecule has 0 aliphatic rings. The molecule has 3 N–H and O–H groups in total. The number of benzene rings is 1. The Morgan fingerprint density at radius 2 is 1.84 bits per heavy atom. The molecule has 1 amide bonds. The van der Waals surface area contributed by atoms with E-state index in [2.05, 4.69) is 5.32 Å². The monoisotopic (exact) mass is 264 g/mol. The summed E-state index contributed by atoms with van der Waals surface area (Å²) in [7, 11) is 0. The van der Waals surface area contributed by atoms with Crippen molar-refractivity contribution in [1.82, 2.24) is 5.32 Å². The van der Waals surface area contributed by atoms with Gasteiger partial charge in [0.1, 0.15) is 5.75 Å². The molecule has 0 saturated carbocycles. The van der Waals surface area contributed by atoms with Crippen molar-refractivity contribution in [2.24, 2.45) is 5.92 Å². The van der Waals surface area contributed by atoms with Gasteiger partial charge in [0.2, 0.25) is 0 Å². The Hall–Kier alpha value is -2.04. The van der Waals surface area contributed by atoms with Crippen LogP contribution in [0.15, 0.2) is 24.3 Å². The van der Waals surface area contributed by atoms with E-state index in [-0.39, 0.29) is 24.2 Å². The number of carbonyl (C=O) groups is 2. The zero-order valence-corrected chi connectivity index (χ0v) is 11.5. The molecule has 0 aliphatic carbocycles. The van der Waals surface area contributed by atoms with Gasteiger partial charge in [-0.25, -0.2) is 0 Å². The van der Waals surface area contributed by atoms with Crippen molar-refractivity contribution in [3.05, 3.63) is 24.3 Å². The van der Waals surface area contributed by atoms with Crippen molar-refractivity contribution in [2.45, 2.75) is 26.8 Å². The quantitative estimate of drug-likeness (QED) is 0.760. The average Bonchev–Trinajstić information content (AvgIpc) is 2.34. The lowest BCUT2D eigenvalue weighted by molar-refractivity contribution is -0.129. The molecule has 0 aliphatic heterocycles. The number of rotatable bonds is 6. The first-order chi connectivity index (χ1) is 8.90. The molecule has 0 saturated heterocycles. The Balaban J connectivity index is 2.47. The van der Waals surface area contributed by atoms with Crippen LogP contribution in [0.1, 0.15) is 20.8 Å². The highest BCUT2D eigenvalue weighted by atomic mass is 16.5. The minimum absolute atomic E-state index is 0.0537. The van der Waals surface area contributed by atoms with Crippen molar-refractivity contribution < 1.29 is 14.3 Å². The Morgan fingerprint density at radius 1 is 1.26 bits per heavy atom. The summed E-state index contributed by atoms with van der Waals surface area (Å²) in [4.78, 5) is 23.1. The summed E-state index contributed by atoms with van der Waals surface area (Å²) in [5.74, 6) is 0.243. The van der Waals surface area contributed by atoms with Gasteiger partial charge < -0.3 is 15.8 Å². The number of hydrogen-bond donors (Lipinski definition) is 2. The largest absolute Gasteiger partial charge is 0.484 e. The number of nitrogens with two attached hydrogens (primary N) is 1. The van der Waals surface area contributed by atoms with Gasteiger partial charge in [0.15, 0.2) is 12.4 Å². The number of anilines is 1. The summed E-state index contributed by atoms with van der Waals surface area (Å²) in [5, 5.41) is 2.66. The van der Waals surface area contributed by atoms with Gasteiger partial charge in [0.05, 0.1) is 6.04 Å². The molecule has 1 unspecified atom stereocenters. The highest BCUT2D eigenvalue weighted by Crippen LogP contribution is 2.12. The van der Waals surface area contributed by atoms with Crippen LogP contribution in [-0.2, 0) is 9.59 Å². The number of amides is 1. The van der Waals surface area contributed by atoms with Crippen molar-refractivity contribution in [2.75, 3.05) is 12.3 Å². The van der Waals surface area contributed by atoms with Gasteiger partial charge >= 0.3 is 0 Å². The summed E-state index contributed by atoms with van der Waals surface area (Å²) in [5.41, 5.74) is 6.18. The fourth-order valence-corrected chi connectivity index (χ4v) is 1.67. The maximum Gasteiger partial charge on any atom is 0.258 e. The van der Waals surface area contributed by atoms with E-state index >= 15 is 0 Å². The molecule has 5 heteroatoms. The Kier molecular flexibility index (Phi) is 5.36. The molecule has 5 nitrogen and oxygen atoms in total. The van der Waals surface area contributed by atoms with E-state index in [1.807, 2.05) is 13.8 Å². The molecule has 104 valence electrons. The maximum absolute atomic E-state index is 11.7. The topological polar surface area (TPSA) is 81.4 Å². The van der Waals surface area contributed by atoms with Crippen molar-refractivity contribution in [3.63, 3.8) is 0 Å². The molecule has 1 aromatic rings. The molecular formula is C14H20N2O3. The summed E-state index contributed by atoms with van der Waals surface area (Å²) >= 11 is 0. The van der Waals surface area contributed by atoms with Crippen LogP contribution in [0.4, 0.5) is 5.69 Å². The van der Waals surface area contributed by atoms with E-state index in [0.29, 0.717) is 11.4 Å². The number of carbonyl (C=O) groups excluding carboxylic acids is 2. The average molecular weight is 264 g/mol. The summed E-state index contributed by atoms with van der Waals surface area (Å²) in [6.07, 6.45) is 0. The van der Waals surface area contributed by atoms with Gasteiger partial charge in [0, 0.05) is 5.69 Å². The van der Waals surface area contributed by atoms with Crippen molar-refractivity contribution in [3.8, 4) is 5.75 Å². The number of ketones is 1. The van der Waals surface area contributed by atoms with Crippen molar-refractivity contribution in [1.29, 1.82) is 0 Å². The van der Waals surface area contributed by atoms with E-state index in [0.717, 1.165) is 0 Å². The number of Topliss-reactive ketones (excluding diaryl/α,β-unsaturated/α-hetero) is 1. The second-order valence-corrected chi connectivity index (χ2v) is 4.76. The van der Waals surface area contributed by atoms with Gasteiger partial charge in [-0.2, -0.15) is 0 Å². The lowest BCUT2D eigenvalue weighted by Crippen LogP contribution is -2.45. The normalized spacial score (nSPS) is 12.0. The lowest BCUT2D eigenvalue weighted by atomic mass is 10.0. The minimum Gasteiger partial charge on any atom is -0.484 e. The second kappa shape index (κ2) is 6.78. The van der Waals surface area contributed by atoms with Crippen LogP contribution in [-0.4, -0.2) is 24.3 Å². The van der Waals surface area contributed by atoms with Crippen LogP contribution in [0.2, 0.25) is 0 Å². The van der Waals surface area contributed by atoms with Gasteiger partial charge in [-0.1, -0.05) is 13.8 Å². The standard InChI is InChI=1S/C14H20N2O3/c1-9(2)14(10(3)17)16-13(18)8-19-12-6-4-11(15)5-7-12/h4-7,9,14H,8,15H2,1-3H3,(H,16,18).